The smallest absolute Gasteiger partial charge is 0.255 e. The second-order valence-corrected chi connectivity index (χ2v) is 9.50. The molecular weight excluding hydrogens is 456 g/mol. The summed E-state index contributed by atoms with van der Waals surface area (Å²) < 4.78 is 31.6. The lowest BCUT2D eigenvalue weighted by molar-refractivity contribution is -0.116. The van der Waals surface area contributed by atoms with E-state index < -0.39 is 21.8 Å². The fourth-order valence-electron chi connectivity index (χ4n) is 3.22. The lowest BCUT2D eigenvalue weighted by atomic mass is 10.2. The highest BCUT2D eigenvalue weighted by molar-refractivity contribution is 7.89. The largest absolute Gasteiger partial charge is 0.378 e. The van der Waals surface area contributed by atoms with Crippen molar-refractivity contribution in [1.82, 2.24) is 9.62 Å². The minimum absolute atomic E-state index is 0.00634. The average Bonchev–Trinajstić information content (AvgIpc) is 2.79. The van der Waals surface area contributed by atoms with E-state index in [1.807, 2.05) is 12.1 Å². The Hall–Kier alpha value is -2.66. The quantitative estimate of drug-likeness (QED) is 0.625. The van der Waals surface area contributed by atoms with Crippen LogP contribution in [0.4, 0.5) is 11.4 Å². The van der Waals surface area contributed by atoms with E-state index in [1.165, 1.54) is 37.2 Å². The van der Waals surface area contributed by atoms with Crippen molar-refractivity contribution in [2.24, 2.45) is 0 Å². The molecule has 1 aliphatic rings. The molecule has 172 valence electrons. The van der Waals surface area contributed by atoms with Gasteiger partial charge >= 0.3 is 0 Å². The summed E-state index contributed by atoms with van der Waals surface area (Å²) in [6.07, 6.45) is 0. The fourth-order valence-corrected chi connectivity index (χ4v) is 4.18. The topological polar surface area (TPSA) is 108 Å². The zero-order valence-electron chi connectivity index (χ0n) is 17.8. The number of sulfonamides is 1. The molecule has 9 nitrogen and oxygen atoms in total. The Labute approximate surface area is 192 Å². The van der Waals surface area contributed by atoms with E-state index in [2.05, 4.69) is 14.9 Å². The standard InChI is InChI=1S/C21H25ClN4O5S/c1-23-32(29,30)17-7-8-19(22)18(13-17)21(28)25(2)14-20(27)24-15-3-5-16(6-4-15)26-9-11-31-12-10-26/h3-8,13,23H,9-12,14H2,1-2H3,(H,24,27). The number of nitrogens with one attached hydrogen (secondary N) is 2. The number of halogens is 1. The molecule has 32 heavy (non-hydrogen) atoms. The van der Waals surface area contributed by atoms with Gasteiger partial charge in [0.15, 0.2) is 0 Å². The Kier molecular flexibility index (Phi) is 7.73. The van der Waals surface area contributed by atoms with Gasteiger partial charge < -0.3 is 19.9 Å². The van der Waals surface area contributed by atoms with Crippen molar-refractivity contribution in [2.45, 2.75) is 4.90 Å². The zero-order valence-corrected chi connectivity index (χ0v) is 19.4. The number of benzene rings is 2. The van der Waals surface area contributed by atoms with Crippen LogP contribution in [0.5, 0.6) is 0 Å². The predicted octanol–water partition coefficient (Wildman–Crippen LogP) is 1.80. The van der Waals surface area contributed by atoms with E-state index in [-0.39, 0.29) is 22.0 Å². The second kappa shape index (κ2) is 10.3. The summed E-state index contributed by atoms with van der Waals surface area (Å²) in [5.41, 5.74) is 1.64. The molecule has 2 aromatic carbocycles. The Morgan fingerprint density at radius 3 is 2.41 bits per heavy atom. The maximum Gasteiger partial charge on any atom is 0.255 e. The summed E-state index contributed by atoms with van der Waals surface area (Å²) in [6, 6.07) is 11.3. The molecule has 2 amide bonds. The van der Waals surface area contributed by atoms with Gasteiger partial charge in [0.1, 0.15) is 0 Å². The number of ether oxygens (including phenoxy) is 1. The molecule has 0 unspecified atom stereocenters. The van der Waals surface area contributed by atoms with Crippen molar-refractivity contribution in [3.8, 4) is 0 Å². The Morgan fingerprint density at radius 2 is 1.78 bits per heavy atom. The van der Waals surface area contributed by atoms with Crippen LogP contribution in [0.3, 0.4) is 0 Å². The zero-order chi connectivity index (χ0) is 23.3. The summed E-state index contributed by atoms with van der Waals surface area (Å²) in [4.78, 5) is 28.5. The highest BCUT2D eigenvalue weighted by atomic mass is 35.5. The number of rotatable bonds is 7. The number of carbonyl (C=O) groups excluding carboxylic acids is 2. The molecule has 11 heteroatoms. The highest BCUT2D eigenvalue weighted by Crippen LogP contribution is 2.22. The normalized spacial score (nSPS) is 14.2. The van der Waals surface area contributed by atoms with Crippen LogP contribution in [0, 0.1) is 0 Å². The molecule has 0 aromatic heterocycles. The van der Waals surface area contributed by atoms with Crippen molar-refractivity contribution in [1.29, 1.82) is 0 Å². The molecule has 2 aromatic rings. The molecule has 1 aliphatic heterocycles. The minimum Gasteiger partial charge on any atom is -0.378 e. The number of morpholine rings is 1. The first kappa shape index (κ1) is 24.0. The van der Waals surface area contributed by atoms with Crippen LogP contribution in [-0.2, 0) is 19.6 Å². The summed E-state index contributed by atoms with van der Waals surface area (Å²) in [5, 5.41) is 2.85. The minimum atomic E-state index is -3.74. The maximum atomic E-state index is 12.8. The van der Waals surface area contributed by atoms with Gasteiger partial charge in [-0.05, 0) is 49.5 Å². The van der Waals surface area contributed by atoms with E-state index in [9.17, 15) is 18.0 Å². The van der Waals surface area contributed by atoms with Crippen LogP contribution in [-0.4, -0.2) is 72.1 Å². The van der Waals surface area contributed by atoms with Gasteiger partial charge in [0.25, 0.3) is 5.91 Å². The van der Waals surface area contributed by atoms with Crippen molar-refractivity contribution >= 4 is 44.8 Å². The predicted molar refractivity (Wildman–Crippen MR) is 123 cm³/mol. The molecule has 0 spiro atoms. The molecule has 1 saturated heterocycles. The van der Waals surface area contributed by atoms with Gasteiger partial charge in [-0.25, -0.2) is 13.1 Å². The van der Waals surface area contributed by atoms with Gasteiger partial charge in [0.05, 0.1) is 35.2 Å². The van der Waals surface area contributed by atoms with Crippen LogP contribution in [0.15, 0.2) is 47.4 Å². The van der Waals surface area contributed by atoms with E-state index in [4.69, 9.17) is 16.3 Å². The first-order chi connectivity index (χ1) is 15.2. The van der Waals surface area contributed by atoms with Gasteiger partial charge in [0, 0.05) is 31.5 Å². The fraction of sp³-hybridized carbons (Fsp3) is 0.333. The lowest BCUT2D eigenvalue weighted by Gasteiger charge is -2.28. The lowest BCUT2D eigenvalue weighted by Crippen LogP contribution is -2.36. The molecule has 0 aliphatic carbocycles. The number of carbonyl (C=O) groups is 2. The van der Waals surface area contributed by atoms with Crippen molar-refractivity contribution in [3.63, 3.8) is 0 Å². The molecule has 0 saturated carbocycles. The molecule has 0 atom stereocenters. The van der Waals surface area contributed by atoms with Gasteiger partial charge in [-0.3, -0.25) is 9.59 Å². The number of amides is 2. The van der Waals surface area contributed by atoms with Crippen LogP contribution in [0.25, 0.3) is 0 Å². The number of anilines is 2. The Morgan fingerprint density at radius 1 is 1.12 bits per heavy atom. The molecule has 0 radical (unpaired) electrons. The van der Waals surface area contributed by atoms with Gasteiger partial charge in [-0.15, -0.1) is 0 Å². The first-order valence-corrected chi connectivity index (χ1v) is 11.8. The summed E-state index contributed by atoms with van der Waals surface area (Å²) in [7, 11) is -1.02. The Bertz CT molecular complexity index is 1090. The van der Waals surface area contributed by atoms with E-state index in [0.717, 1.165) is 18.8 Å². The Balaban J connectivity index is 1.63. The highest BCUT2D eigenvalue weighted by Gasteiger charge is 2.21. The second-order valence-electron chi connectivity index (χ2n) is 7.20. The number of nitrogens with zero attached hydrogens (tertiary/aromatic N) is 2. The third kappa shape index (κ3) is 5.77. The van der Waals surface area contributed by atoms with Gasteiger partial charge in [-0.2, -0.15) is 0 Å². The third-order valence-corrected chi connectivity index (χ3v) is 6.74. The van der Waals surface area contributed by atoms with Crippen LogP contribution in [0.1, 0.15) is 10.4 Å². The SMILES string of the molecule is CNS(=O)(=O)c1ccc(Cl)c(C(=O)N(C)CC(=O)Nc2ccc(N3CCOCC3)cc2)c1. The number of likely N-dealkylation sites (N-methyl/N-ethyl adjacent to an activating group) is 1. The molecule has 3 rings (SSSR count). The maximum absolute atomic E-state index is 12.8. The van der Waals surface area contributed by atoms with E-state index in [1.54, 1.807) is 12.1 Å². The monoisotopic (exact) mass is 480 g/mol. The third-order valence-electron chi connectivity index (χ3n) is 5.00. The molecule has 1 heterocycles. The van der Waals surface area contributed by atoms with Crippen molar-refractivity contribution in [2.75, 3.05) is 57.2 Å². The van der Waals surface area contributed by atoms with Gasteiger partial charge in [0.2, 0.25) is 15.9 Å². The first-order valence-electron chi connectivity index (χ1n) is 9.92. The van der Waals surface area contributed by atoms with E-state index >= 15 is 0 Å². The molecule has 1 fully saturated rings. The molecular formula is C21H25ClN4O5S. The molecule has 2 N–H and O–H groups in total. The van der Waals surface area contributed by atoms with Crippen LogP contribution >= 0.6 is 11.6 Å². The molecule has 0 bridgehead atoms. The summed E-state index contributed by atoms with van der Waals surface area (Å²) in [6.45, 7) is 2.78. The van der Waals surface area contributed by atoms with Crippen LogP contribution in [0.2, 0.25) is 5.02 Å². The summed E-state index contributed by atoms with van der Waals surface area (Å²) in [5.74, 6) is -0.962. The van der Waals surface area contributed by atoms with Crippen molar-refractivity contribution < 1.29 is 22.7 Å². The van der Waals surface area contributed by atoms with E-state index in [0.29, 0.717) is 18.9 Å². The van der Waals surface area contributed by atoms with Gasteiger partial charge in [-0.1, -0.05) is 11.6 Å². The summed E-state index contributed by atoms with van der Waals surface area (Å²) >= 11 is 6.10. The van der Waals surface area contributed by atoms with Crippen LogP contribution < -0.4 is 14.9 Å². The number of hydrogen-bond acceptors (Lipinski definition) is 6. The average molecular weight is 481 g/mol. The van der Waals surface area contributed by atoms with Crippen molar-refractivity contribution in [3.05, 3.63) is 53.1 Å². The number of hydrogen-bond donors (Lipinski definition) is 2.